The highest BCUT2D eigenvalue weighted by atomic mass is 32.1. The zero-order chi connectivity index (χ0) is 14.7. The van der Waals surface area contributed by atoms with Gasteiger partial charge in [-0.15, -0.1) is 11.3 Å². The van der Waals surface area contributed by atoms with Crippen molar-refractivity contribution in [3.05, 3.63) is 51.2 Å². The number of carboxylic acids is 2. The molecule has 0 saturated heterocycles. The van der Waals surface area contributed by atoms with Crippen LogP contribution in [0.4, 0.5) is 5.69 Å². The predicted octanol–water partition coefficient (Wildman–Crippen LogP) is 3.07. The number of thiophene rings is 1. The molecule has 5 nitrogen and oxygen atoms in total. The molecule has 1 aromatic heterocycles. The molecular weight excluding hydrogens is 278 g/mol. The second-order valence-electron chi connectivity index (χ2n) is 4.30. The maximum atomic E-state index is 10.9. The molecule has 6 heteroatoms. The molecule has 0 radical (unpaired) electrons. The number of aromatic carboxylic acids is 2. The van der Waals surface area contributed by atoms with Gasteiger partial charge in [-0.05, 0) is 30.7 Å². The molecule has 2 aromatic rings. The van der Waals surface area contributed by atoms with Crippen LogP contribution >= 0.6 is 11.3 Å². The van der Waals surface area contributed by atoms with E-state index in [0.717, 1.165) is 16.1 Å². The van der Waals surface area contributed by atoms with E-state index in [1.807, 2.05) is 6.92 Å². The van der Waals surface area contributed by atoms with Crippen LogP contribution in [0.1, 0.15) is 31.2 Å². The van der Waals surface area contributed by atoms with E-state index in [0.29, 0.717) is 6.54 Å². The molecule has 0 unspecified atom stereocenters. The summed E-state index contributed by atoms with van der Waals surface area (Å²) in [5.74, 6) is -1.92. The minimum Gasteiger partial charge on any atom is -0.478 e. The van der Waals surface area contributed by atoms with Gasteiger partial charge in [-0.1, -0.05) is 6.07 Å². The third kappa shape index (κ3) is 3.16. The fourth-order valence-electron chi connectivity index (χ4n) is 1.71. The Balaban J connectivity index is 2.11. The van der Waals surface area contributed by atoms with Gasteiger partial charge in [0, 0.05) is 22.5 Å². The molecule has 0 aliphatic rings. The minimum atomic E-state index is -0.975. The lowest BCUT2D eigenvalue weighted by Gasteiger charge is -2.09. The van der Waals surface area contributed by atoms with Crippen molar-refractivity contribution >= 4 is 29.0 Å². The predicted molar refractivity (Wildman–Crippen MR) is 76.7 cm³/mol. The van der Waals surface area contributed by atoms with E-state index in [9.17, 15) is 9.59 Å². The molecule has 1 aromatic carbocycles. The number of aryl methyl sites for hydroxylation is 1. The van der Waals surface area contributed by atoms with Crippen molar-refractivity contribution in [2.45, 2.75) is 13.5 Å². The first-order chi connectivity index (χ1) is 9.47. The molecule has 0 saturated carbocycles. The lowest BCUT2D eigenvalue weighted by molar-refractivity contribution is 0.0686. The van der Waals surface area contributed by atoms with Gasteiger partial charge in [0.25, 0.3) is 0 Å². The summed E-state index contributed by atoms with van der Waals surface area (Å²) in [6.45, 7) is 2.34. The number of hydrogen-bond acceptors (Lipinski definition) is 4. The SMILES string of the molecule is Cc1ccc(C(=O)O)cc1NCc1cc(C(=O)O)cs1. The zero-order valence-electron chi connectivity index (χ0n) is 10.7. The van der Waals surface area contributed by atoms with Gasteiger partial charge < -0.3 is 15.5 Å². The van der Waals surface area contributed by atoms with Crippen LogP contribution in [0.2, 0.25) is 0 Å². The largest absolute Gasteiger partial charge is 0.478 e. The van der Waals surface area contributed by atoms with Crippen molar-refractivity contribution < 1.29 is 19.8 Å². The van der Waals surface area contributed by atoms with Crippen molar-refractivity contribution in [3.63, 3.8) is 0 Å². The van der Waals surface area contributed by atoms with Gasteiger partial charge in [0.1, 0.15) is 0 Å². The van der Waals surface area contributed by atoms with Gasteiger partial charge in [-0.2, -0.15) is 0 Å². The molecule has 0 bridgehead atoms. The number of rotatable bonds is 5. The molecule has 2 rings (SSSR count). The number of hydrogen-bond donors (Lipinski definition) is 3. The number of benzene rings is 1. The molecule has 0 aliphatic heterocycles. The number of anilines is 1. The van der Waals surface area contributed by atoms with Crippen LogP contribution in [0.25, 0.3) is 0 Å². The zero-order valence-corrected chi connectivity index (χ0v) is 11.5. The molecule has 0 amide bonds. The van der Waals surface area contributed by atoms with E-state index < -0.39 is 11.9 Å². The molecule has 20 heavy (non-hydrogen) atoms. The monoisotopic (exact) mass is 291 g/mol. The first-order valence-electron chi connectivity index (χ1n) is 5.86. The molecular formula is C14H13NO4S. The lowest BCUT2D eigenvalue weighted by atomic mass is 10.1. The smallest absolute Gasteiger partial charge is 0.336 e. The van der Waals surface area contributed by atoms with E-state index in [2.05, 4.69) is 5.32 Å². The summed E-state index contributed by atoms with van der Waals surface area (Å²) in [6, 6.07) is 6.47. The second-order valence-corrected chi connectivity index (χ2v) is 5.29. The minimum absolute atomic E-state index is 0.218. The highest BCUT2D eigenvalue weighted by Gasteiger charge is 2.08. The summed E-state index contributed by atoms with van der Waals surface area (Å²) in [4.78, 5) is 22.6. The van der Waals surface area contributed by atoms with Gasteiger partial charge in [-0.3, -0.25) is 0 Å². The average molecular weight is 291 g/mol. The van der Waals surface area contributed by atoms with E-state index in [1.54, 1.807) is 29.6 Å². The Kier molecular flexibility index (Phi) is 4.05. The van der Waals surface area contributed by atoms with E-state index >= 15 is 0 Å². The molecule has 0 spiro atoms. The number of carboxylic acid groups (broad SMARTS) is 2. The van der Waals surface area contributed by atoms with Crippen molar-refractivity contribution in [1.29, 1.82) is 0 Å². The van der Waals surface area contributed by atoms with Crippen molar-refractivity contribution in [3.8, 4) is 0 Å². The molecule has 3 N–H and O–H groups in total. The van der Waals surface area contributed by atoms with Crippen molar-refractivity contribution in [2.75, 3.05) is 5.32 Å². The van der Waals surface area contributed by atoms with Gasteiger partial charge in [0.15, 0.2) is 0 Å². The molecule has 104 valence electrons. The van der Waals surface area contributed by atoms with E-state index in [4.69, 9.17) is 10.2 Å². The normalized spacial score (nSPS) is 10.2. The average Bonchev–Trinajstić information content (AvgIpc) is 2.86. The molecule has 0 aliphatic carbocycles. The molecule has 0 fully saturated rings. The third-order valence-corrected chi connectivity index (χ3v) is 3.78. The third-order valence-electron chi connectivity index (χ3n) is 2.84. The van der Waals surface area contributed by atoms with Gasteiger partial charge in [-0.25, -0.2) is 9.59 Å². The lowest BCUT2D eigenvalue weighted by Crippen LogP contribution is -2.03. The Morgan fingerprint density at radius 2 is 1.85 bits per heavy atom. The van der Waals surface area contributed by atoms with Crippen LogP contribution in [-0.4, -0.2) is 22.2 Å². The van der Waals surface area contributed by atoms with Crippen molar-refractivity contribution in [2.24, 2.45) is 0 Å². The quantitative estimate of drug-likeness (QED) is 0.788. The van der Waals surface area contributed by atoms with Gasteiger partial charge >= 0.3 is 11.9 Å². The summed E-state index contributed by atoms with van der Waals surface area (Å²) >= 11 is 1.35. The van der Waals surface area contributed by atoms with Crippen LogP contribution in [0.5, 0.6) is 0 Å². The Hall–Kier alpha value is -2.34. The first kappa shape index (κ1) is 14.1. The van der Waals surface area contributed by atoms with Crippen LogP contribution in [0.3, 0.4) is 0 Å². The Labute approximate surface area is 119 Å². The fourth-order valence-corrected chi connectivity index (χ4v) is 2.51. The molecule has 1 heterocycles. The summed E-state index contributed by atoms with van der Waals surface area (Å²) in [7, 11) is 0. The van der Waals surface area contributed by atoms with E-state index in [1.165, 1.54) is 11.3 Å². The summed E-state index contributed by atoms with van der Waals surface area (Å²) in [5, 5.41) is 22.5. The number of nitrogens with one attached hydrogen (secondary N) is 1. The molecule has 0 atom stereocenters. The topological polar surface area (TPSA) is 86.6 Å². The van der Waals surface area contributed by atoms with Gasteiger partial charge in [0.05, 0.1) is 11.1 Å². The highest BCUT2D eigenvalue weighted by Crippen LogP contribution is 2.20. The highest BCUT2D eigenvalue weighted by molar-refractivity contribution is 7.10. The van der Waals surface area contributed by atoms with Crippen LogP contribution in [-0.2, 0) is 6.54 Å². The maximum Gasteiger partial charge on any atom is 0.336 e. The second kappa shape index (κ2) is 5.75. The van der Waals surface area contributed by atoms with Crippen LogP contribution in [0, 0.1) is 6.92 Å². The van der Waals surface area contributed by atoms with Crippen LogP contribution in [0.15, 0.2) is 29.6 Å². The Bertz CT molecular complexity index is 663. The van der Waals surface area contributed by atoms with Crippen molar-refractivity contribution in [1.82, 2.24) is 0 Å². The summed E-state index contributed by atoms with van der Waals surface area (Å²) < 4.78 is 0. The number of carbonyl (C=O) groups is 2. The standard InChI is InChI=1S/C14H13NO4S/c1-8-2-3-9(13(16)17)5-12(8)15-6-11-4-10(7-20-11)14(18)19/h2-5,7,15H,6H2,1H3,(H,16,17)(H,18,19). The maximum absolute atomic E-state index is 10.9. The summed E-state index contributed by atoms with van der Waals surface area (Å²) in [6.07, 6.45) is 0. The van der Waals surface area contributed by atoms with Gasteiger partial charge in [0.2, 0.25) is 0 Å². The Morgan fingerprint density at radius 3 is 2.45 bits per heavy atom. The Morgan fingerprint density at radius 1 is 1.15 bits per heavy atom. The fraction of sp³-hybridized carbons (Fsp3) is 0.143. The summed E-state index contributed by atoms with van der Waals surface area (Å²) in [5.41, 5.74) is 2.15. The first-order valence-corrected chi connectivity index (χ1v) is 6.74. The van der Waals surface area contributed by atoms with Crippen LogP contribution < -0.4 is 5.32 Å². The van der Waals surface area contributed by atoms with E-state index in [-0.39, 0.29) is 11.1 Å².